The topological polar surface area (TPSA) is 55.8 Å². The molecule has 2 aromatic rings. The van der Waals surface area contributed by atoms with E-state index in [2.05, 4.69) is 0 Å². The van der Waals surface area contributed by atoms with Gasteiger partial charge in [0.15, 0.2) is 6.61 Å². The van der Waals surface area contributed by atoms with Crippen LogP contribution in [0.4, 0.5) is 0 Å². The van der Waals surface area contributed by atoms with Crippen LogP contribution in [0.5, 0.6) is 5.75 Å². The molecule has 1 saturated carbocycles. The van der Waals surface area contributed by atoms with E-state index in [1.165, 1.54) is 4.90 Å². The lowest BCUT2D eigenvalue weighted by Crippen LogP contribution is -2.33. The maximum atomic E-state index is 12.6. The third-order valence-corrected chi connectivity index (χ3v) is 5.14. The molecule has 0 N–H and O–H groups in total. The molecule has 0 bridgehead atoms. The average molecular weight is 388 g/mol. The minimum atomic E-state index is -0.633. The fraction of sp³-hybridized carbons (Fsp3) is 0.333. The first kappa shape index (κ1) is 19.2. The average Bonchev–Trinajstić information content (AvgIpc) is 3.48. The van der Waals surface area contributed by atoms with E-state index in [-0.39, 0.29) is 18.5 Å². The zero-order chi connectivity index (χ0) is 19.4. The summed E-state index contributed by atoms with van der Waals surface area (Å²) in [4.78, 5) is 26.4. The van der Waals surface area contributed by atoms with Crippen LogP contribution in [0.1, 0.15) is 24.0 Å². The number of nitrogens with zero attached hydrogens (tertiary/aromatic N) is 1. The number of para-hydroxylation sites is 1. The Kier molecular flexibility index (Phi) is 5.71. The van der Waals surface area contributed by atoms with Gasteiger partial charge < -0.3 is 14.4 Å². The lowest BCUT2D eigenvalue weighted by molar-refractivity contribution is -0.154. The van der Waals surface area contributed by atoms with Crippen molar-refractivity contribution in [2.75, 3.05) is 20.8 Å². The highest BCUT2D eigenvalue weighted by atomic mass is 35.5. The molecule has 1 aliphatic rings. The standard InChI is InChI=1S/C21H22ClNO4/c1-23(13-15-5-3-4-6-18(15)26-2)19(24)14-27-20(25)21(11-12-21)16-7-9-17(22)10-8-16/h3-10H,11-14H2,1-2H3. The first-order chi connectivity index (χ1) is 13.0. The van der Waals surface area contributed by atoms with Crippen molar-refractivity contribution >= 4 is 23.5 Å². The van der Waals surface area contributed by atoms with Crippen molar-refractivity contribution in [2.45, 2.75) is 24.8 Å². The Balaban J connectivity index is 1.57. The fourth-order valence-corrected chi connectivity index (χ4v) is 3.18. The molecule has 5 nitrogen and oxygen atoms in total. The molecule has 0 heterocycles. The lowest BCUT2D eigenvalue weighted by Gasteiger charge is -2.20. The van der Waals surface area contributed by atoms with Crippen LogP contribution in [0.25, 0.3) is 0 Å². The number of benzene rings is 2. The Morgan fingerprint density at radius 1 is 1.11 bits per heavy atom. The normalized spacial score (nSPS) is 14.3. The Morgan fingerprint density at radius 3 is 2.41 bits per heavy atom. The predicted octanol–water partition coefficient (Wildman–Crippen LogP) is 3.58. The molecule has 1 amide bonds. The van der Waals surface area contributed by atoms with Crippen molar-refractivity contribution in [1.82, 2.24) is 4.90 Å². The highest BCUT2D eigenvalue weighted by Gasteiger charge is 2.52. The van der Waals surface area contributed by atoms with Gasteiger partial charge in [0.2, 0.25) is 0 Å². The zero-order valence-electron chi connectivity index (χ0n) is 15.4. The van der Waals surface area contributed by atoms with Gasteiger partial charge in [0.25, 0.3) is 5.91 Å². The molecule has 3 rings (SSSR count). The predicted molar refractivity (Wildman–Crippen MR) is 103 cm³/mol. The van der Waals surface area contributed by atoms with Gasteiger partial charge in [-0.1, -0.05) is 41.9 Å². The number of esters is 1. The second-order valence-electron chi connectivity index (χ2n) is 6.73. The van der Waals surface area contributed by atoms with E-state index in [4.69, 9.17) is 21.1 Å². The van der Waals surface area contributed by atoms with E-state index in [1.807, 2.05) is 36.4 Å². The maximum absolute atomic E-state index is 12.6. The largest absolute Gasteiger partial charge is 0.496 e. The van der Waals surface area contributed by atoms with Gasteiger partial charge in [-0.2, -0.15) is 0 Å². The molecule has 0 spiro atoms. The van der Waals surface area contributed by atoms with Crippen LogP contribution in [0.2, 0.25) is 5.02 Å². The van der Waals surface area contributed by atoms with Crippen LogP contribution in [0.3, 0.4) is 0 Å². The van der Waals surface area contributed by atoms with Gasteiger partial charge in [-0.15, -0.1) is 0 Å². The Labute approximate surface area is 163 Å². The second-order valence-corrected chi connectivity index (χ2v) is 7.16. The first-order valence-corrected chi connectivity index (χ1v) is 9.13. The van der Waals surface area contributed by atoms with Crippen molar-refractivity contribution in [3.8, 4) is 5.75 Å². The minimum absolute atomic E-state index is 0.263. The number of rotatable bonds is 7. The molecule has 0 aliphatic heterocycles. The van der Waals surface area contributed by atoms with Crippen molar-refractivity contribution in [3.63, 3.8) is 0 Å². The third kappa shape index (κ3) is 4.25. The molecule has 1 fully saturated rings. The van der Waals surface area contributed by atoms with Gasteiger partial charge in [-0.25, -0.2) is 0 Å². The lowest BCUT2D eigenvalue weighted by atomic mass is 9.96. The number of hydrogen-bond acceptors (Lipinski definition) is 4. The number of likely N-dealkylation sites (N-methyl/N-ethyl adjacent to an activating group) is 1. The van der Waals surface area contributed by atoms with E-state index in [0.717, 1.165) is 24.0 Å². The van der Waals surface area contributed by atoms with Gasteiger partial charge in [0.1, 0.15) is 5.75 Å². The monoisotopic (exact) mass is 387 g/mol. The number of ether oxygens (including phenoxy) is 2. The van der Waals surface area contributed by atoms with Crippen molar-refractivity contribution in [1.29, 1.82) is 0 Å². The van der Waals surface area contributed by atoms with E-state index in [0.29, 0.717) is 17.3 Å². The molecule has 0 atom stereocenters. The zero-order valence-corrected chi connectivity index (χ0v) is 16.2. The Morgan fingerprint density at radius 2 is 1.78 bits per heavy atom. The van der Waals surface area contributed by atoms with Crippen LogP contribution >= 0.6 is 11.6 Å². The summed E-state index contributed by atoms with van der Waals surface area (Å²) in [7, 11) is 3.27. The van der Waals surface area contributed by atoms with Gasteiger partial charge in [-0.05, 0) is 36.6 Å². The van der Waals surface area contributed by atoms with Crippen molar-refractivity contribution in [2.24, 2.45) is 0 Å². The van der Waals surface area contributed by atoms with Crippen LogP contribution in [0.15, 0.2) is 48.5 Å². The summed E-state index contributed by atoms with van der Waals surface area (Å²) < 4.78 is 10.6. The molecule has 0 aromatic heterocycles. The van der Waals surface area contributed by atoms with Crippen molar-refractivity contribution < 1.29 is 19.1 Å². The Hall–Kier alpha value is -2.53. The number of methoxy groups -OCH3 is 1. The van der Waals surface area contributed by atoms with E-state index >= 15 is 0 Å². The molecular weight excluding hydrogens is 366 g/mol. The van der Waals surface area contributed by atoms with E-state index in [9.17, 15) is 9.59 Å². The molecule has 27 heavy (non-hydrogen) atoms. The molecule has 6 heteroatoms. The van der Waals surface area contributed by atoms with E-state index in [1.54, 1.807) is 26.3 Å². The second kappa shape index (κ2) is 8.01. The molecule has 1 aliphatic carbocycles. The first-order valence-electron chi connectivity index (χ1n) is 8.75. The number of carbonyl (C=O) groups excluding carboxylic acids is 2. The minimum Gasteiger partial charge on any atom is -0.496 e. The van der Waals surface area contributed by atoms with Gasteiger partial charge in [0, 0.05) is 24.2 Å². The molecular formula is C21H22ClNO4. The molecule has 0 saturated heterocycles. The highest BCUT2D eigenvalue weighted by Crippen LogP contribution is 2.49. The van der Waals surface area contributed by atoms with Gasteiger partial charge in [0.05, 0.1) is 12.5 Å². The summed E-state index contributed by atoms with van der Waals surface area (Å²) in [5, 5.41) is 0.621. The molecule has 142 valence electrons. The summed E-state index contributed by atoms with van der Waals surface area (Å²) in [6.07, 6.45) is 1.44. The smallest absolute Gasteiger partial charge is 0.317 e. The van der Waals surface area contributed by atoms with E-state index < -0.39 is 5.41 Å². The number of hydrogen-bond donors (Lipinski definition) is 0. The molecule has 0 unspecified atom stereocenters. The fourth-order valence-electron chi connectivity index (χ4n) is 3.06. The SMILES string of the molecule is COc1ccccc1CN(C)C(=O)COC(=O)C1(c2ccc(Cl)cc2)CC1. The number of carbonyl (C=O) groups is 2. The molecule has 2 aromatic carbocycles. The summed E-state index contributed by atoms with van der Waals surface area (Å²) in [6.45, 7) is 0.0997. The summed E-state index contributed by atoms with van der Waals surface area (Å²) in [5.41, 5.74) is 1.14. The van der Waals surface area contributed by atoms with Crippen LogP contribution in [-0.4, -0.2) is 37.5 Å². The van der Waals surface area contributed by atoms with Crippen LogP contribution in [-0.2, 0) is 26.3 Å². The van der Waals surface area contributed by atoms with Gasteiger partial charge >= 0.3 is 5.97 Å². The van der Waals surface area contributed by atoms with Gasteiger partial charge in [-0.3, -0.25) is 9.59 Å². The third-order valence-electron chi connectivity index (χ3n) is 4.89. The number of halogens is 1. The van der Waals surface area contributed by atoms with Crippen LogP contribution in [0, 0.1) is 0 Å². The Bertz CT molecular complexity index is 830. The summed E-state index contributed by atoms with van der Waals surface area (Å²) in [5.74, 6) is 0.0962. The maximum Gasteiger partial charge on any atom is 0.317 e. The summed E-state index contributed by atoms with van der Waals surface area (Å²) in [6, 6.07) is 14.7. The number of amides is 1. The van der Waals surface area contributed by atoms with Crippen molar-refractivity contribution in [3.05, 3.63) is 64.7 Å². The quantitative estimate of drug-likeness (QED) is 0.681. The summed E-state index contributed by atoms with van der Waals surface area (Å²) >= 11 is 5.91. The highest BCUT2D eigenvalue weighted by molar-refractivity contribution is 6.30. The van der Waals surface area contributed by atoms with Crippen LogP contribution < -0.4 is 4.74 Å². The molecule has 0 radical (unpaired) electrons.